The number of rotatable bonds is 1. The van der Waals surface area contributed by atoms with Crippen LogP contribution in [0.1, 0.15) is 0 Å². The number of benzene rings is 1. The first-order valence-corrected chi connectivity index (χ1v) is 5.63. The molecule has 5 heteroatoms. The number of nitrogens with two attached hydrogens (primary N) is 1. The van der Waals surface area contributed by atoms with Crippen molar-refractivity contribution in [2.75, 3.05) is 23.7 Å². The number of amides is 1. The average Bonchev–Trinajstić information content (AvgIpc) is 2.26. The molecule has 0 bridgehead atoms. The van der Waals surface area contributed by atoms with Gasteiger partial charge in [0.25, 0.3) is 0 Å². The third-order valence-corrected chi connectivity index (χ3v) is 3.29. The van der Waals surface area contributed by atoms with Crippen LogP contribution < -0.4 is 10.6 Å². The first-order valence-electron chi connectivity index (χ1n) is 4.65. The van der Waals surface area contributed by atoms with Crippen LogP contribution in [0.15, 0.2) is 23.1 Å². The Labute approximate surface area is 91.4 Å². The Morgan fingerprint density at radius 1 is 1.60 bits per heavy atom. The number of hydrogen-bond donors (Lipinski definition) is 1. The largest absolute Gasteiger partial charge is 0.322 e. The molecule has 15 heavy (non-hydrogen) atoms. The number of carbonyl (C=O) groups excluding carboxylic acids is 1. The zero-order valence-electron chi connectivity index (χ0n) is 8.07. The molecule has 1 aromatic carbocycles. The molecule has 0 fully saturated rings. The van der Waals surface area contributed by atoms with Gasteiger partial charge in [-0.1, -0.05) is 0 Å². The normalized spacial score (nSPS) is 14.9. The fourth-order valence-electron chi connectivity index (χ4n) is 1.56. The van der Waals surface area contributed by atoms with Gasteiger partial charge in [0.1, 0.15) is 5.82 Å². The van der Waals surface area contributed by atoms with Crippen LogP contribution >= 0.6 is 11.8 Å². The quantitative estimate of drug-likeness (QED) is 0.783. The number of anilines is 1. The maximum Gasteiger partial charge on any atom is 0.240 e. The van der Waals surface area contributed by atoms with Crippen molar-refractivity contribution in [2.45, 2.75) is 4.90 Å². The molecule has 0 aliphatic carbocycles. The predicted molar refractivity (Wildman–Crippen MR) is 58.5 cm³/mol. The Bertz CT molecular complexity index is 397. The van der Waals surface area contributed by atoms with Gasteiger partial charge in [-0.25, -0.2) is 4.39 Å². The average molecular weight is 226 g/mol. The van der Waals surface area contributed by atoms with Gasteiger partial charge in [-0.2, -0.15) is 0 Å². The standard InChI is InChI=1S/C10H11FN2OS/c11-7-1-2-8-9(5-7)15-4-3-13(8)10(14)6-12/h1-2,5H,3-4,6,12H2. The van der Waals surface area contributed by atoms with Crippen LogP contribution in [0.5, 0.6) is 0 Å². The molecule has 2 rings (SSSR count). The summed E-state index contributed by atoms with van der Waals surface area (Å²) in [6.07, 6.45) is 0. The summed E-state index contributed by atoms with van der Waals surface area (Å²) in [5, 5.41) is 0. The molecule has 0 saturated carbocycles. The molecule has 3 nitrogen and oxygen atoms in total. The second-order valence-corrected chi connectivity index (χ2v) is 4.35. The molecule has 1 heterocycles. The van der Waals surface area contributed by atoms with E-state index in [-0.39, 0.29) is 18.3 Å². The zero-order chi connectivity index (χ0) is 10.8. The number of nitrogens with zero attached hydrogens (tertiary/aromatic N) is 1. The van der Waals surface area contributed by atoms with Crippen molar-refractivity contribution in [1.29, 1.82) is 0 Å². The molecule has 1 aliphatic rings. The van der Waals surface area contributed by atoms with Crippen molar-refractivity contribution in [3.05, 3.63) is 24.0 Å². The lowest BCUT2D eigenvalue weighted by Crippen LogP contribution is -2.39. The van der Waals surface area contributed by atoms with Crippen molar-refractivity contribution in [2.24, 2.45) is 5.73 Å². The highest BCUT2D eigenvalue weighted by molar-refractivity contribution is 7.99. The van der Waals surface area contributed by atoms with Crippen molar-refractivity contribution in [3.63, 3.8) is 0 Å². The molecule has 0 radical (unpaired) electrons. The van der Waals surface area contributed by atoms with Gasteiger partial charge in [0.2, 0.25) is 5.91 Å². The van der Waals surface area contributed by atoms with Crippen LogP contribution in [0.2, 0.25) is 0 Å². The summed E-state index contributed by atoms with van der Waals surface area (Å²) in [6, 6.07) is 4.45. The van der Waals surface area contributed by atoms with Crippen LogP contribution in [0, 0.1) is 5.82 Å². The second-order valence-electron chi connectivity index (χ2n) is 3.21. The number of thioether (sulfide) groups is 1. The van der Waals surface area contributed by atoms with Gasteiger partial charge >= 0.3 is 0 Å². The molecular formula is C10H11FN2OS. The van der Waals surface area contributed by atoms with Gasteiger partial charge in [-0.05, 0) is 18.2 Å². The highest BCUT2D eigenvalue weighted by Gasteiger charge is 2.21. The zero-order valence-corrected chi connectivity index (χ0v) is 8.89. The molecule has 80 valence electrons. The summed E-state index contributed by atoms with van der Waals surface area (Å²) < 4.78 is 13.0. The highest BCUT2D eigenvalue weighted by atomic mass is 32.2. The number of halogens is 1. The predicted octanol–water partition coefficient (Wildman–Crippen LogP) is 1.22. The molecule has 0 saturated heterocycles. The molecule has 0 aromatic heterocycles. The molecule has 0 unspecified atom stereocenters. The summed E-state index contributed by atoms with van der Waals surface area (Å²) in [7, 11) is 0. The molecule has 2 N–H and O–H groups in total. The highest BCUT2D eigenvalue weighted by Crippen LogP contribution is 2.34. The smallest absolute Gasteiger partial charge is 0.240 e. The third-order valence-electron chi connectivity index (χ3n) is 2.26. The first-order chi connectivity index (χ1) is 7.22. The molecule has 1 amide bonds. The Hall–Kier alpha value is -1.07. The van der Waals surface area contributed by atoms with E-state index in [1.807, 2.05) is 0 Å². The van der Waals surface area contributed by atoms with Crippen LogP contribution in [0.4, 0.5) is 10.1 Å². The van der Waals surface area contributed by atoms with Gasteiger partial charge in [0.05, 0.1) is 12.2 Å². The number of fused-ring (bicyclic) bond motifs is 1. The minimum Gasteiger partial charge on any atom is -0.322 e. The molecule has 0 atom stereocenters. The van der Waals surface area contributed by atoms with Gasteiger partial charge in [0, 0.05) is 17.2 Å². The molecule has 1 aromatic rings. The Balaban J connectivity index is 2.38. The lowest BCUT2D eigenvalue weighted by Gasteiger charge is -2.28. The molecule has 1 aliphatic heterocycles. The van der Waals surface area contributed by atoms with Crippen LogP contribution in [0.3, 0.4) is 0 Å². The van der Waals surface area contributed by atoms with Crippen molar-refractivity contribution in [3.8, 4) is 0 Å². The van der Waals surface area contributed by atoms with E-state index < -0.39 is 0 Å². The summed E-state index contributed by atoms with van der Waals surface area (Å²) in [4.78, 5) is 13.9. The van der Waals surface area contributed by atoms with Gasteiger partial charge in [-0.15, -0.1) is 11.8 Å². The minimum atomic E-state index is -0.275. The molecule has 0 spiro atoms. The van der Waals surface area contributed by atoms with Crippen molar-refractivity contribution >= 4 is 23.4 Å². The summed E-state index contributed by atoms with van der Waals surface area (Å²) in [5.41, 5.74) is 6.08. The third kappa shape index (κ3) is 1.98. The van der Waals surface area contributed by atoms with E-state index in [0.717, 1.165) is 16.3 Å². The van der Waals surface area contributed by atoms with Crippen LogP contribution in [-0.4, -0.2) is 24.7 Å². The fourth-order valence-corrected chi connectivity index (χ4v) is 2.58. The topological polar surface area (TPSA) is 46.3 Å². The van der Waals surface area contributed by atoms with E-state index in [0.29, 0.717) is 6.54 Å². The number of carbonyl (C=O) groups is 1. The van der Waals surface area contributed by atoms with E-state index in [2.05, 4.69) is 0 Å². The Morgan fingerprint density at radius 2 is 2.40 bits per heavy atom. The maximum absolute atomic E-state index is 13.0. The Morgan fingerprint density at radius 3 is 3.13 bits per heavy atom. The first kappa shape index (κ1) is 10.4. The lowest BCUT2D eigenvalue weighted by molar-refractivity contribution is -0.117. The van der Waals surface area contributed by atoms with Crippen molar-refractivity contribution in [1.82, 2.24) is 0 Å². The van der Waals surface area contributed by atoms with E-state index >= 15 is 0 Å². The van der Waals surface area contributed by atoms with E-state index in [1.54, 1.807) is 22.7 Å². The van der Waals surface area contributed by atoms with Gasteiger partial charge < -0.3 is 10.6 Å². The maximum atomic E-state index is 13.0. The summed E-state index contributed by atoms with van der Waals surface area (Å²) in [6.45, 7) is 0.626. The van der Waals surface area contributed by atoms with Gasteiger partial charge in [0.15, 0.2) is 0 Å². The number of hydrogen-bond acceptors (Lipinski definition) is 3. The SMILES string of the molecule is NCC(=O)N1CCSc2cc(F)ccc21. The minimum absolute atomic E-state index is 0.0124. The lowest BCUT2D eigenvalue weighted by atomic mass is 10.2. The fraction of sp³-hybridized carbons (Fsp3) is 0.300. The second kappa shape index (κ2) is 4.20. The van der Waals surface area contributed by atoms with Crippen LogP contribution in [-0.2, 0) is 4.79 Å². The van der Waals surface area contributed by atoms with Crippen molar-refractivity contribution < 1.29 is 9.18 Å². The summed E-state index contributed by atoms with van der Waals surface area (Å²) in [5.74, 6) is 0.383. The van der Waals surface area contributed by atoms with Gasteiger partial charge in [-0.3, -0.25) is 4.79 Å². The Kier molecular flexibility index (Phi) is 2.93. The van der Waals surface area contributed by atoms with E-state index in [9.17, 15) is 9.18 Å². The van der Waals surface area contributed by atoms with Crippen LogP contribution in [0.25, 0.3) is 0 Å². The van der Waals surface area contributed by atoms with E-state index in [4.69, 9.17) is 5.73 Å². The van der Waals surface area contributed by atoms with E-state index in [1.165, 1.54) is 12.1 Å². The summed E-state index contributed by atoms with van der Waals surface area (Å²) >= 11 is 1.56. The monoisotopic (exact) mass is 226 g/mol. The molecular weight excluding hydrogens is 215 g/mol.